The van der Waals surface area contributed by atoms with E-state index in [4.69, 9.17) is 4.74 Å². The number of fused-ring (bicyclic) bond motifs is 1. The summed E-state index contributed by atoms with van der Waals surface area (Å²) in [7, 11) is 0. The second kappa shape index (κ2) is 8.67. The number of carbonyl (C=O) groups is 2. The summed E-state index contributed by atoms with van der Waals surface area (Å²) in [4.78, 5) is 24.5. The van der Waals surface area contributed by atoms with E-state index in [0.717, 1.165) is 36.0 Å². The van der Waals surface area contributed by atoms with E-state index in [1.807, 2.05) is 43.3 Å². The molecule has 2 aromatic carbocycles. The Morgan fingerprint density at radius 1 is 1.15 bits per heavy atom. The number of benzene rings is 2. The molecule has 1 amide bonds. The zero-order chi connectivity index (χ0) is 19.2. The van der Waals surface area contributed by atoms with Crippen molar-refractivity contribution >= 4 is 18.0 Å². The van der Waals surface area contributed by atoms with Gasteiger partial charge in [-0.25, -0.2) is 4.79 Å². The van der Waals surface area contributed by atoms with Crippen LogP contribution in [-0.2, 0) is 20.7 Å². The normalized spacial score (nSPS) is 17.2. The zero-order valence-electron chi connectivity index (χ0n) is 15.8. The van der Waals surface area contributed by atoms with Gasteiger partial charge >= 0.3 is 5.97 Å². The summed E-state index contributed by atoms with van der Waals surface area (Å²) < 4.78 is 5.25. The summed E-state index contributed by atoms with van der Waals surface area (Å²) in [5.74, 6) is -0.795. The van der Waals surface area contributed by atoms with Gasteiger partial charge in [-0.3, -0.25) is 4.79 Å². The predicted molar refractivity (Wildman–Crippen MR) is 106 cm³/mol. The van der Waals surface area contributed by atoms with Crippen LogP contribution in [0.25, 0.3) is 6.08 Å². The Bertz CT molecular complexity index is 839. The van der Waals surface area contributed by atoms with Crippen LogP contribution in [0.3, 0.4) is 0 Å². The first-order valence-corrected chi connectivity index (χ1v) is 9.36. The molecule has 1 N–H and O–H groups in total. The summed E-state index contributed by atoms with van der Waals surface area (Å²) in [6, 6.07) is 16.0. The molecule has 1 aliphatic rings. The Morgan fingerprint density at radius 2 is 1.89 bits per heavy atom. The standard InChI is InChI=1S/C23H25NO3/c1-16-10-12-18(13-11-16)14-15-22(25)27-17(2)23(26)24-21-9-5-7-19-6-3-4-8-20(19)21/h3-4,6,8,10-15,17,21H,5,7,9H2,1-2H3,(H,24,26)/b15-14+/t17-,21-/m1/s1. The fourth-order valence-electron chi connectivity index (χ4n) is 3.30. The highest BCUT2D eigenvalue weighted by molar-refractivity contribution is 5.90. The van der Waals surface area contributed by atoms with E-state index >= 15 is 0 Å². The van der Waals surface area contributed by atoms with Gasteiger partial charge in [0, 0.05) is 6.08 Å². The average Bonchev–Trinajstić information content (AvgIpc) is 2.68. The number of esters is 1. The molecule has 1 aliphatic carbocycles. The van der Waals surface area contributed by atoms with Crippen LogP contribution in [0.2, 0.25) is 0 Å². The van der Waals surface area contributed by atoms with Crippen molar-refractivity contribution in [2.24, 2.45) is 0 Å². The van der Waals surface area contributed by atoms with Gasteiger partial charge < -0.3 is 10.1 Å². The molecule has 3 rings (SSSR count). The van der Waals surface area contributed by atoms with E-state index in [-0.39, 0.29) is 11.9 Å². The first-order valence-electron chi connectivity index (χ1n) is 9.36. The molecule has 140 valence electrons. The molecule has 0 saturated carbocycles. The third kappa shape index (κ3) is 5.07. The van der Waals surface area contributed by atoms with Crippen LogP contribution in [0.1, 0.15) is 48.1 Å². The highest BCUT2D eigenvalue weighted by Crippen LogP contribution is 2.29. The molecule has 0 aliphatic heterocycles. The minimum atomic E-state index is -0.839. The number of amides is 1. The van der Waals surface area contributed by atoms with Gasteiger partial charge in [-0.2, -0.15) is 0 Å². The van der Waals surface area contributed by atoms with Crippen LogP contribution in [-0.4, -0.2) is 18.0 Å². The quantitative estimate of drug-likeness (QED) is 0.642. The Morgan fingerprint density at radius 3 is 2.67 bits per heavy atom. The Hall–Kier alpha value is -2.88. The molecule has 4 heteroatoms. The predicted octanol–water partition coefficient (Wildman–Crippen LogP) is 4.13. The van der Waals surface area contributed by atoms with Gasteiger partial charge in [-0.1, -0.05) is 54.1 Å². The maximum absolute atomic E-state index is 12.5. The number of aryl methyl sites for hydroxylation is 2. The van der Waals surface area contributed by atoms with Crippen molar-refractivity contribution in [1.29, 1.82) is 0 Å². The van der Waals surface area contributed by atoms with E-state index in [9.17, 15) is 9.59 Å². The number of hydrogen-bond acceptors (Lipinski definition) is 3. The van der Waals surface area contributed by atoms with Gasteiger partial charge in [0.05, 0.1) is 6.04 Å². The minimum Gasteiger partial charge on any atom is -0.449 e. The van der Waals surface area contributed by atoms with Crippen LogP contribution in [0.5, 0.6) is 0 Å². The molecule has 27 heavy (non-hydrogen) atoms. The lowest BCUT2D eigenvalue weighted by atomic mass is 9.87. The number of rotatable bonds is 5. The fourth-order valence-corrected chi connectivity index (χ4v) is 3.30. The van der Waals surface area contributed by atoms with Crippen LogP contribution < -0.4 is 5.32 Å². The molecule has 0 bridgehead atoms. The van der Waals surface area contributed by atoms with Crippen LogP contribution in [0.4, 0.5) is 0 Å². The summed E-state index contributed by atoms with van der Waals surface area (Å²) in [5, 5.41) is 3.02. The van der Waals surface area contributed by atoms with Crippen LogP contribution in [0.15, 0.2) is 54.6 Å². The molecule has 0 heterocycles. The first-order chi connectivity index (χ1) is 13.0. The molecule has 0 radical (unpaired) electrons. The lowest BCUT2D eigenvalue weighted by molar-refractivity contribution is -0.150. The summed E-state index contributed by atoms with van der Waals surface area (Å²) >= 11 is 0. The lowest BCUT2D eigenvalue weighted by Gasteiger charge is -2.27. The smallest absolute Gasteiger partial charge is 0.331 e. The Balaban J connectivity index is 1.55. The average molecular weight is 363 g/mol. The second-order valence-corrected chi connectivity index (χ2v) is 6.98. The molecule has 4 nitrogen and oxygen atoms in total. The van der Waals surface area contributed by atoms with Crippen molar-refractivity contribution in [2.75, 3.05) is 0 Å². The second-order valence-electron chi connectivity index (χ2n) is 6.98. The first kappa shape index (κ1) is 18.9. The van der Waals surface area contributed by atoms with Gasteiger partial charge in [0.2, 0.25) is 0 Å². The SMILES string of the molecule is Cc1ccc(/C=C/C(=O)O[C@H](C)C(=O)N[C@@H]2CCCc3ccccc32)cc1. The molecule has 0 fully saturated rings. The lowest BCUT2D eigenvalue weighted by Crippen LogP contribution is -2.39. The molecule has 0 saturated heterocycles. The van der Waals surface area contributed by atoms with Crippen molar-refractivity contribution < 1.29 is 14.3 Å². The number of nitrogens with one attached hydrogen (secondary N) is 1. The molecule has 2 atom stereocenters. The van der Waals surface area contributed by atoms with Gasteiger partial charge in [-0.15, -0.1) is 0 Å². The number of carbonyl (C=O) groups excluding carboxylic acids is 2. The van der Waals surface area contributed by atoms with E-state index in [1.165, 1.54) is 11.6 Å². The van der Waals surface area contributed by atoms with Crippen molar-refractivity contribution in [2.45, 2.75) is 45.3 Å². The molecule has 2 aromatic rings. The number of ether oxygens (including phenoxy) is 1. The molecule has 0 aromatic heterocycles. The highest BCUT2D eigenvalue weighted by Gasteiger charge is 2.24. The fraction of sp³-hybridized carbons (Fsp3) is 0.304. The zero-order valence-corrected chi connectivity index (χ0v) is 15.8. The Labute approximate surface area is 160 Å². The molecule has 0 unspecified atom stereocenters. The van der Waals surface area contributed by atoms with Crippen LogP contribution in [0, 0.1) is 6.92 Å². The Kier molecular flexibility index (Phi) is 6.07. The van der Waals surface area contributed by atoms with Gasteiger partial charge in [0.1, 0.15) is 0 Å². The topological polar surface area (TPSA) is 55.4 Å². The van der Waals surface area contributed by atoms with E-state index in [0.29, 0.717) is 0 Å². The maximum atomic E-state index is 12.5. The molecular weight excluding hydrogens is 338 g/mol. The van der Waals surface area contributed by atoms with E-state index in [2.05, 4.69) is 17.4 Å². The minimum absolute atomic E-state index is 0.0216. The molecule has 0 spiro atoms. The van der Waals surface area contributed by atoms with Gasteiger partial charge in [0.25, 0.3) is 5.91 Å². The monoisotopic (exact) mass is 363 g/mol. The van der Waals surface area contributed by atoms with Crippen molar-refractivity contribution in [3.8, 4) is 0 Å². The van der Waals surface area contributed by atoms with Crippen molar-refractivity contribution in [1.82, 2.24) is 5.32 Å². The van der Waals surface area contributed by atoms with Gasteiger partial charge in [-0.05, 0) is 55.9 Å². The van der Waals surface area contributed by atoms with E-state index < -0.39 is 12.1 Å². The van der Waals surface area contributed by atoms with E-state index in [1.54, 1.807) is 13.0 Å². The molecular formula is C23H25NO3. The highest BCUT2D eigenvalue weighted by atomic mass is 16.5. The number of hydrogen-bond donors (Lipinski definition) is 1. The largest absolute Gasteiger partial charge is 0.449 e. The van der Waals surface area contributed by atoms with Crippen LogP contribution >= 0.6 is 0 Å². The summed E-state index contributed by atoms with van der Waals surface area (Å²) in [5.41, 5.74) is 4.51. The third-order valence-electron chi connectivity index (χ3n) is 4.84. The summed E-state index contributed by atoms with van der Waals surface area (Å²) in [6.07, 6.45) is 5.17. The van der Waals surface area contributed by atoms with Gasteiger partial charge in [0.15, 0.2) is 6.10 Å². The van der Waals surface area contributed by atoms with Crippen molar-refractivity contribution in [3.05, 3.63) is 76.9 Å². The van der Waals surface area contributed by atoms with Crippen molar-refractivity contribution in [3.63, 3.8) is 0 Å². The maximum Gasteiger partial charge on any atom is 0.331 e. The summed E-state index contributed by atoms with van der Waals surface area (Å²) in [6.45, 7) is 3.61. The third-order valence-corrected chi connectivity index (χ3v) is 4.84.